The fourth-order valence-electron chi connectivity index (χ4n) is 1.68. The maximum atomic E-state index is 12.9. The van der Waals surface area contributed by atoms with Crippen LogP contribution in [0.15, 0.2) is 18.3 Å². The summed E-state index contributed by atoms with van der Waals surface area (Å²) in [6.45, 7) is 0.521. The van der Waals surface area contributed by atoms with Gasteiger partial charge in [0.2, 0.25) is 5.95 Å². The number of rotatable bonds is 1. The Morgan fingerprint density at radius 2 is 1.93 bits per heavy atom. The van der Waals surface area contributed by atoms with Crippen molar-refractivity contribution < 1.29 is 13.2 Å². The van der Waals surface area contributed by atoms with Gasteiger partial charge in [0.1, 0.15) is 0 Å². The Morgan fingerprint density at radius 3 is 2.53 bits per heavy atom. The Hall–Kier alpha value is -1.26. The van der Waals surface area contributed by atoms with Gasteiger partial charge >= 0.3 is 0 Å². The van der Waals surface area contributed by atoms with E-state index in [2.05, 4.69) is 4.98 Å². The van der Waals surface area contributed by atoms with Crippen LogP contribution >= 0.6 is 0 Å². The highest BCUT2D eigenvalue weighted by atomic mass is 19.3. The molecule has 5 heteroatoms. The molecule has 2 rings (SSSR count). The monoisotopic (exact) mass is 216 g/mol. The third-order valence-electron chi connectivity index (χ3n) is 2.57. The van der Waals surface area contributed by atoms with Crippen molar-refractivity contribution in [2.24, 2.45) is 0 Å². The summed E-state index contributed by atoms with van der Waals surface area (Å²) in [6.07, 6.45) is 1.01. The molecule has 0 spiro atoms. The summed E-state index contributed by atoms with van der Waals surface area (Å²) in [5, 5.41) is 0. The molecular weight excluding hydrogens is 205 g/mol. The molecular formula is C10H11F3N2. The van der Waals surface area contributed by atoms with Crippen molar-refractivity contribution in [1.29, 1.82) is 0 Å². The number of aromatic nitrogens is 1. The number of nitrogens with zero attached hydrogens (tertiary/aromatic N) is 2. The second kappa shape index (κ2) is 3.72. The first-order chi connectivity index (χ1) is 7.07. The summed E-state index contributed by atoms with van der Waals surface area (Å²) in [4.78, 5) is 5.17. The lowest BCUT2D eigenvalue weighted by atomic mass is 10.1. The summed E-state index contributed by atoms with van der Waals surface area (Å²) >= 11 is 0. The number of pyridine rings is 1. The molecule has 0 aromatic carbocycles. The van der Waals surface area contributed by atoms with Crippen molar-refractivity contribution >= 4 is 5.69 Å². The Balaban J connectivity index is 2.08. The largest absolute Gasteiger partial charge is 0.371 e. The van der Waals surface area contributed by atoms with Crippen molar-refractivity contribution in [3.05, 3.63) is 24.3 Å². The molecule has 0 unspecified atom stereocenters. The van der Waals surface area contributed by atoms with Gasteiger partial charge in [0.05, 0.1) is 0 Å². The lowest BCUT2D eigenvalue weighted by Crippen LogP contribution is -2.39. The number of halogens is 3. The molecule has 0 saturated carbocycles. The van der Waals surface area contributed by atoms with Crippen molar-refractivity contribution in [2.45, 2.75) is 18.8 Å². The van der Waals surface area contributed by atoms with Gasteiger partial charge in [-0.25, -0.2) is 13.8 Å². The van der Waals surface area contributed by atoms with E-state index >= 15 is 0 Å². The number of anilines is 1. The fraction of sp³-hybridized carbons (Fsp3) is 0.500. The van der Waals surface area contributed by atoms with Gasteiger partial charge in [0.15, 0.2) is 0 Å². The van der Waals surface area contributed by atoms with E-state index in [0.717, 1.165) is 0 Å². The lowest BCUT2D eigenvalue weighted by Gasteiger charge is -2.33. The minimum atomic E-state index is -2.57. The van der Waals surface area contributed by atoms with Gasteiger partial charge in [-0.2, -0.15) is 4.39 Å². The van der Waals surface area contributed by atoms with Gasteiger partial charge in [-0.3, -0.25) is 0 Å². The molecule has 15 heavy (non-hydrogen) atoms. The van der Waals surface area contributed by atoms with E-state index in [1.54, 1.807) is 11.0 Å². The van der Waals surface area contributed by atoms with E-state index in [4.69, 9.17) is 0 Å². The summed E-state index contributed by atoms with van der Waals surface area (Å²) in [7, 11) is 0. The predicted molar refractivity (Wildman–Crippen MR) is 50.6 cm³/mol. The van der Waals surface area contributed by atoms with Gasteiger partial charge in [0, 0.05) is 43.9 Å². The Morgan fingerprint density at radius 1 is 1.27 bits per heavy atom. The first kappa shape index (κ1) is 10.3. The average molecular weight is 216 g/mol. The van der Waals surface area contributed by atoms with Crippen LogP contribution in [0.1, 0.15) is 12.8 Å². The van der Waals surface area contributed by atoms with E-state index < -0.39 is 11.9 Å². The van der Waals surface area contributed by atoms with Crippen LogP contribution in [0, 0.1) is 5.95 Å². The van der Waals surface area contributed by atoms with Crippen molar-refractivity contribution in [3.8, 4) is 0 Å². The van der Waals surface area contributed by atoms with Crippen molar-refractivity contribution in [2.75, 3.05) is 18.0 Å². The SMILES string of the molecule is Fc1cc(N2CCC(F)(F)CC2)ccn1. The second-order valence-corrected chi connectivity index (χ2v) is 3.68. The van der Waals surface area contributed by atoms with Crippen molar-refractivity contribution in [3.63, 3.8) is 0 Å². The molecule has 0 bridgehead atoms. The van der Waals surface area contributed by atoms with Crippen LogP contribution in [0.4, 0.5) is 18.9 Å². The van der Waals surface area contributed by atoms with E-state index in [1.807, 2.05) is 0 Å². The molecule has 1 aromatic heterocycles. The maximum absolute atomic E-state index is 12.9. The fourth-order valence-corrected chi connectivity index (χ4v) is 1.68. The third kappa shape index (κ3) is 2.40. The molecule has 1 aliphatic heterocycles. The molecule has 2 heterocycles. The smallest absolute Gasteiger partial charge is 0.251 e. The number of piperidine rings is 1. The normalized spacial score (nSPS) is 20.3. The van der Waals surface area contributed by atoms with E-state index in [1.165, 1.54) is 12.3 Å². The topological polar surface area (TPSA) is 16.1 Å². The zero-order valence-corrected chi connectivity index (χ0v) is 8.09. The highest BCUT2D eigenvalue weighted by molar-refractivity contribution is 5.45. The molecule has 0 atom stereocenters. The number of hydrogen-bond donors (Lipinski definition) is 0. The minimum Gasteiger partial charge on any atom is -0.371 e. The zero-order valence-electron chi connectivity index (χ0n) is 8.09. The van der Waals surface area contributed by atoms with Gasteiger partial charge in [-0.05, 0) is 6.07 Å². The molecule has 0 N–H and O–H groups in total. The van der Waals surface area contributed by atoms with Crippen molar-refractivity contribution in [1.82, 2.24) is 4.98 Å². The van der Waals surface area contributed by atoms with Gasteiger partial charge in [-0.15, -0.1) is 0 Å². The predicted octanol–water partition coefficient (Wildman–Crippen LogP) is 2.46. The number of alkyl halides is 2. The standard InChI is InChI=1S/C10H11F3N2/c11-9-7-8(1-4-14-9)15-5-2-10(12,13)3-6-15/h1,4,7H,2-3,5-6H2. The second-order valence-electron chi connectivity index (χ2n) is 3.68. The summed E-state index contributed by atoms with van der Waals surface area (Å²) < 4.78 is 38.5. The molecule has 1 saturated heterocycles. The Labute approximate surface area is 85.7 Å². The first-order valence-corrected chi connectivity index (χ1v) is 4.81. The lowest BCUT2D eigenvalue weighted by molar-refractivity contribution is -0.0220. The zero-order chi connectivity index (χ0) is 10.9. The van der Waals surface area contributed by atoms with Crippen LogP contribution in [0.2, 0.25) is 0 Å². The summed E-state index contributed by atoms with van der Waals surface area (Å²) in [6, 6.07) is 2.90. The van der Waals surface area contributed by atoms with Crippen LogP contribution < -0.4 is 4.90 Å². The number of hydrogen-bond acceptors (Lipinski definition) is 2. The van der Waals surface area contributed by atoms with E-state index in [9.17, 15) is 13.2 Å². The quantitative estimate of drug-likeness (QED) is 0.670. The van der Waals surface area contributed by atoms with Crippen LogP contribution in [0.25, 0.3) is 0 Å². The van der Waals surface area contributed by atoms with Gasteiger partial charge in [-0.1, -0.05) is 0 Å². The molecule has 2 nitrogen and oxygen atoms in total. The molecule has 82 valence electrons. The van der Waals surface area contributed by atoms with Crippen LogP contribution in [-0.4, -0.2) is 24.0 Å². The van der Waals surface area contributed by atoms with Crippen LogP contribution in [0.3, 0.4) is 0 Å². The molecule has 0 aliphatic carbocycles. The molecule has 1 fully saturated rings. The van der Waals surface area contributed by atoms with Crippen LogP contribution in [0.5, 0.6) is 0 Å². The Bertz CT molecular complexity index is 344. The average Bonchev–Trinajstić information content (AvgIpc) is 2.17. The highest BCUT2D eigenvalue weighted by Gasteiger charge is 2.34. The molecule has 0 radical (unpaired) electrons. The summed E-state index contributed by atoms with van der Waals surface area (Å²) in [5.41, 5.74) is 0.623. The maximum Gasteiger partial charge on any atom is 0.251 e. The Kier molecular flexibility index (Phi) is 2.54. The van der Waals surface area contributed by atoms with Gasteiger partial charge < -0.3 is 4.90 Å². The van der Waals surface area contributed by atoms with E-state index in [-0.39, 0.29) is 25.9 Å². The first-order valence-electron chi connectivity index (χ1n) is 4.81. The van der Waals surface area contributed by atoms with E-state index in [0.29, 0.717) is 5.69 Å². The third-order valence-corrected chi connectivity index (χ3v) is 2.57. The molecule has 1 aliphatic rings. The minimum absolute atomic E-state index is 0.170. The molecule has 1 aromatic rings. The highest BCUT2D eigenvalue weighted by Crippen LogP contribution is 2.30. The van der Waals surface area contributed by atoms with Crippen LogP contribution in [-0.2, 0) is 0 Å². The molecule has 0 amide bonds. The van der Waals surface area contributed by atoms with Gasteiger partial charge in [0.25, 0.3) is 5.92 Å². The summed E-state index contributed by atoms with van der Waals surface area (Å²) in [5.74, 6) is -3.15.